The molecule has 1 aromatic heterocycles. The van der Waals surface area contributed by atoms with E-state index in [9.17, 15) is 13.2 Å². The summed E-state index contributed by atoms with van der Waals surface area (Å²) in [5.74, 6) is 0.266. The van der Waals surface area contributed by atoms with Gasteiger partial charge in [0.15, 0.2) is 0 Å². The smallest absolute Gasteiger partial charge is 0.248 e. The van der Waals surface area contributed by atoms with Gasteiger partial charge < -0.3 is 10.1 Å². The van der Waals surface area contributed by atoms with Crippen LogP contribution in [-0.4, -0.2) is 60.0 Å². The minimum atomic E-state index is -3.66. The Morgan fingerprint density at radius 3 is 2.55 bits per heavy atom. The first-order chi connectivity index (χ1) is 13.8. The number of tetrazole rings is 1. The van der Waals surface area contributed by atoms with Crippen molar-refractivity contribution in [2.75, 3.05) is 26.5 Å². The Labute approximate surface area is 168 Å². The lowest BCUT2D eigenvalue weighted by Crippen LogP contribution is -2.23. The molecule has 0 fully saturated rings. The molecule has 29 heavy (non-hydrogen) atoms. The molecule has 3 aromatic rings. The van der Waals surface area contributed by atoms with Crippen LogP contribution in [-0.2, 0) is 21.4 Å². The predicted octanol–water partition coefficient (Wildman–Crippen LogP) is 1.24. The Bertz CT molecular complexity index is 1110. The molecule has 1 N–H and O–H groups in total. The first kappa shape index (κ1) is 20.4. The first-order valence-electron chi connectivity index (χ1n) is 8.55. The van der Waals surface area contributed by atoms with Gasteiger partial charge >= 0.3 is 0 Å². The summed E-state index contributed by atoms with van der Waals surface area (Å²) in [7, 11) is 0.625. The molecule has 152 valence electrons. The van der Waals surface area contributed by atoms with Crippen LogP contribution in [0.4, 0.5) is 5.69 Å². The van der Waals surface area contributed by atoms with Gasteiger partial charge in [-0.25, -0.2) is 12.7 Å². The number of rotatable bonds is 7. The minimum Gasteiger partial charge on any atom is -0.495 e. The maximum absolute atomic E-state index is 12.4. The molecule has 0 aliphatic carbocycles. The molecule has 1 amide bonds. The maximum Gasteiger partial charge on any atom is 0.248 e. The van der Waals surface area contributed by atoms with E-state index in [2.05, 4.69) is 20.7 Å². The molecule has 11 heteroatoms. The maximum atomic E-state index is 12.4. The van der Waals surface area contributed by atoms with Crippen LogP contribution in [0.2, 0.25) is 0 Å². The number of methoxy groups -OCH3 is 1. The minimum absolute atomic E-state index is 0.0313. The molecule has 0 saturated carbocycles. The number of hydrogen-bond acceptors (Lipinski definition) is 7. The largest absolute Gasteiger partial charge is 0.495 e. The molecule has 0 bridgehead atoms. The summed E-state index contributed by atoms with van der Waals surface area (Å²) in [5, 5.41) is 14.6. The van der Waals surface area contributed by atoms with Crippen LogP contribution in [0.1, 0.15) is 0 Å². The summed E-state index contributed by atoms with van der Waals surface area (Å²) in [6.45, 7) is -0.201. The zero-order chi connectivity index (χ0) is 21.0. The van der Waals surface area contributed by atoms with Crippen molar-refractivity contribution < 1.29 is 17.9 Å². The van der Waals surface area contributed by atoms with E-state index in [-0.39, 0.29) is 17.1 Å². The lowest BCUT2D eigenvalue weighted by atomic mass is 10.2. The number of carbonyl (C=O) groups is 1. The lowest BCUT2D eigenvalue weighted by molar-refractivity contribution is -0.117. The molecule has 0 spiro atoms. The molecule has 3 rings (SSSR count). The van der Waals surface area contributed by atoms with Crippen molar-refractivity contribution >= 4 is 21.6 Å². The second kappa shape index (κ2) is 8.37. The normalized spacial score (nSPS) is 11.4. The van der Waals surface area contributed by atoms with Crippen molar-refractivity contribution in [2.24, 2.45) is 0 Å². The molecule has 10 nitrogen and oxygen atoms in total. The van der Waals surface area contributed by atoms with Crippen LogP contribution in [0.5, 0.6) is 5.75 Å². The van der Waals surface area contributed by atoms with E-state index in [4.69, 9.17) is 4.74 Å². The summed E-state index contributed by atoms with van der Waals surface area (Å²) < 4.78 is 31.0. The number of nitrogens with one attached hydrogen (secondary N) is 1. The van der Waals surface area contributed by atoms with Gasteiger partial charge in [-0.15, -0.1) is 10.2 Å². The van der Waals surface area contributed by atoms with Crippen molar-refractivity contribution in [3.63, 3.8) is 0 Å². The predicted molar refractivity (Wildman–Crippen MR) is 106 cm³/mol. The molecule has 0 aliphatic rings. The standard InChI is InChI=1S/C18H20N6O4S/c1-23(2)29(26,27)14-9-10-16(28-3)15(11-14)19-17(25)12-24-21-18(20-22-24)13-7-5-4-6-8-13/h4-11H,12H2,1-3H3,(H,19,25). The molecule has 0 aliphatic heterocycles. The van der Waals surface area contributed by atoms with Gasteiger partial charge in [-0.2, -0.15) is 4.80 Å². The molecule has 0 radical (unpaired) electrons. The van der Waals surface area contributed by atoms with Crippen LogP contribution in [0, 0.1) is 0 Å². The fraction of sp³-hybridized carbons (Fsp3) is 0.222. The first-order valence-corrected chi connectivity index (χ1v) is 9.99. The van der Waals surface area contributed by atoms with Gasteiger partial charge in [0, 0.05) is 19.7 Å². The fourth-order valence-electron chi connectivity index (χ4n) is 2.49. The van der Waals surface area contributed by atoms with E-state index in [1.165, 1.54) is 39.4 Å². The quantitative estimate of drug-likeness (QED) is 0.615. The number of benzene rings is 2. The van der Waals surface area contributed by atoms with Gasteiger partial charge in [0.05, 0.1) is 17.7 Å². The van der Waals surface area contributed by atoms with Gasteiger partial charge in [-0.05, 0) is 23.4 Å². The zero-order valence-electron chi connectivity index (χ0n) is 16.1. The molecular weight excluding hydrogens is 396 g/mol. The van der Waals surface area contributed by atoms with Gasteiger partial charge in [0.25, 0.3) is 0 Å². The second-order valence-corrected chi connectivity index (χ2v) is 8.36. The highest BCUT2D eigenvalue weighted by Gasteiger charge is 2.20. The number of carbonyl (C=O) groups excluding carboxylic acids is 1. The molecule has 0 atom stereocenters. The number of ether oxygens (including phenoxy) is 1. The number of aromatic nitrogens is 4. The lowest BCUT2D eigenvalue weighted by Gasteiger charge is -2.15. The SMILES string of the molecule is COc1ccc(S(=O)(=O)N(C)C)cc1NC(=O)Cn1nnc(-c2ccccc2)n1. The van der Waals surface area contributed by atoms with E-state index >= 15 is 0 Å². The summed E-state index contributed by atoms with van der Waals surface area (Å²) in [5.41, 5.74) is 1.01. The van der Waals surface area contributed by atoms with Crippen molar-refractivity contribution in [3.05, 3.63) is 48.5 Å². The summed E-state index contributed by atoms with van der Waals surface area (Å²) in [4.78, 5) is 13.6. The number of hydrogen-bond donors (Lipinski definition) is 1. The average Bonchev–Trinajstić information content (AvgIpc) is 3.16. The van der Waals surface area contributed by atoms with Crippen LogP contribution in [0.25, 0.3) is 11.4 Å². The monoisotopic (exact) mass is 416 g/mol. The van der Waals surface area contributed by atoms with Crippen molar-refractivity contribution in [1.29, 1.82) is 0 Å². The molecule has 2 aromatic carbocycles. The molecule has 0 unspecified atom stereocenters. The van der Waals surface area contributed by atoms with E-state index < -0.39 is 15.9 Å². The van der Waals surface area contributed by atoms with E-state index in [1.807, 2.05) is 30.3 Å². The number of amides is 1. The van der Waals surface area contributed by atoms with Crippen LogP contribution in [0.15, 0.2) is 53.4 Å². The van der Waals surface area contributed by atoms with Gasteiger partial charge in [0.1, 0.15) is 12.3 Å². The topological polar surface area (TPSA) is 119 Å². The van der Waals surface area contributed by atoms with Gasteiger partial charge in [-0.1, -0.05) is 30.3 Å². The average molecular weight is 416 g/mol. The summed E-state index contributed by atoms with van der Waals surface area (Å²) >= 11 is 0. The second-order valence-electron chi connectivity index (χ2n) is 6.21. The Balaban J connectivity index is 1.78. The highest BCUT2D eigenvalue weighted by Crippen LogP contribution is 2.28. The Hall–Kier alpha value is -3.31. The van der Waals surface area contributed by atoms with Crippen LogP contribution in [0.3, 0.4) is 0 Å². The van der Waals surface area contributed by atoms with Crippen LogP contribution >= 0.6 is 0 Å². The summed E-state index contributed by atoms with van der Waals surface area (Å²) in [6, 6.07) is 13.5. The fourth-order valence-corrected chi connectivity index (χ4v) is 3.42. The third-order valence-electron chi connectivity index (χ3n) is 3.99. The number of nitrogens with zero attached hydrogens (tertiary/aromatic N) is 5. The Kier molecular flexibility index (Phi) is 5.89. The van der Waals surface area contributed by atoms with E-state index in [0.717, 1.165) is 14.7 Å². The van der Waals surface area contributed by atoms with Gasteiger partial charge in [-0.3, -0.25) is 4.79 Å². The Morgan fingerprint density at radius 2 is 1.90 bits per heavy atom. The van der Waals surface area contributed by atoms with Crippen LogP contribution < -0.4 is 10.1 Å². The van der Waals surface area contributed by atoms with Gasteiger partial charge in [0.2, 0.25) is 21.8 Å². The number of anilines is 1. The number of sulfonamides is 1. The van der Waals surface area contributed by atoms with E-state index in [0.29, 0.717) is 11.6 Å². The highest BCUT2D eigenvalue weighted by atomic mass is 32.2. The summed E-state index contributed by atoms with van der Waals surface area (Å²) in [6.07, 6.45) is 0. The molecule has 0 saturated heterocycles. The Morgan fingerprint density at radius 1 is 1.17 bits per heavy atom. The van der Waals surface area contributed by atoms with Crippen molar-refractivity contribution in [2.45, 2.75) is 11.4 Å². The van der Waals surface area contributed by atoms with Crippen molar-refractivity contribution in [3.8, 4) is 17.1 Å². The van der Waals surface area contributed by atoms with E-state index in [1.54, 1.807) is 0 Å². The third kappa shape index (κ3) is 4.58. The molecular formula is C18H20N6O4S. The highest BCUT2D eigenvalue weighted by molar-refractivity contribution is 7.89. The zero-order valence-corrected chi connectivity index (χ0v) is 16.9. The molecule has 1 heterocycles. The van der Waals surface area contributed by atoms with Crippen molar-refractivity contribution in [1.82, 2.24) is 24.5 Å². The third-order valence-corrected chi connectivity index (χ3v) is 5.80.